The van der Waals surface area contributed by atoms with Gasteiger partial charge in [0, 0.05) is 19.2 Å². The Morgan fingerprint density at radius 2 is 2.22 bits per heavy atom. The summed E-state index contributed by atoms with van der Waals surface area (Å²) in [6, 6.07) is -0.147. The molecule has 2 atom stereocenters. The summed E-state index contributed by atoms with van der Waals surface area (Å²) < 4.78 is 27.7. The van der Waals surface area contributed by atoms with E-state index in [2.05, 4.69) is 10.6 Å². The molecule has 1 saturated heterocycles. The molecule has 0 aromatic heterocycles. The minimum absolute atomic E-state index is 0.0422. The summed E-state index contributed by atoms with van der Waals surface area (Å²) in [6.45, 7) is 2.46. The monoisotopic (exact) mass is 278 g/mol. The molecule has 0 aromatic rings. The normalized spacial score (nSPS) is 24.4. The predicted octanol–water partition coefficient (Wildman–Crippen LogP) is -0.696. The van der Waals surface area contributed by atoms with E-state index in [1.807, 2.05) is 6.92 Å². The van der Waals surface area contributed by atoms with Crippen molar-refractivity contribution in [3.8, 4) is 0 Å². The Morgan fingerprint density at radius 3 is 2.83 bits per heavy atom. The van der Waals surface area contributed by atoms with Crippen LogP contribution in [0.4, 0.5) is 0 Å². The Kier molecular flexibility index (Phi) is 6.04. The zero-order chi connectivity index (χ0) is 13.6. The topological polar surface area (TPSA) is 84.5 Å². The number of amides is 1. The summed E-state index contributed by atoms with van der Waals surface area (Å²) >= 11 is 0. The van der Waals surface area contributed by atoms with Gasteiger partial charge in [-0.2, -0.15) is 0 Å². The molecule has 0 aromatic carbocycles. The van der Waals surface area contributed by atoms with E-state index in [9.17, 15) is 13.2 Å². The molecule has 1 rings (SSSR count). The third kappa shape index (κ3) is 5.79. The molecule has 106 valence electrons. The fourth-order valence-electron chi connectivity index (χ4n) is 2.04. The molecule has 0 saturated carbocycles. The molecule has 0 radical (unpaired) electrons. The number of carbonyl (C=O) groups is 1. The second-order valence-corrected chi connectivity index (χ2v) is 6.99. The summed E-state index contributed by atoms with van der Waals surface area (Å²) in [4.78, 5) is 11.6. The van der Waals surface area contributed by atoms with Crippen molar-refractivity contribution >= 4 is 15.7 Å². The van der Waals surface area contributed by atoms with Gasteiger partial charge in [-0.15, -0.1) is 0 Å². The minimum atomic E-state index is -2.93. The fraction of sp³-hybridized carbons (Fsp3) is 0.909. The molecular weight excluding hydrogens is 256 g/mol. The zero-order valence-corrected chi connectivity index (χ0v) is 11.8. The summed E-state index contributed by atoms with van der Waals surface area (Å²) in [7, 11) is -1.35. The third-order valence-corrected chi connectivity index (χ3v) is 4.66. The molecule has 7 heteroatoms. The molecule has 0 bridgehead atoms. The minimum Gasteiger partial charge on any atom is -0.383 e. The lowest BCUT2D eigenvalue weighted by atomic mass is 10.2. The van der Waals surface area contributed by atoms with Gasteiger partial charge in [0.15, 0.2) is 9.84 Å². The Balaban J connectivity index is 2.26. The molecule has 0 aliphatic carbocycles. The van der Waals surface area contributed by atoms with Crippen molar-refractivity contribution in [3.63, 3.8) is 0 Å². The van der Waals surface area contributed by atoms with E-state index in [0.29, 0.717) is 13.0 Å². The summed E-state index contributed by atoms with van der Waals surface area (Å²) in [5.41, 5.74) is 0. The highest BCUT2D eigenvalue weighted by Crippen LogP contribution is 2.11. The zero-order valence-electron chi connectivity index (χ0n) is 10.9. The molecule has 2 unspecified atom stereocenters. The molecule has 18 heavy (non-hydrogen) atoms. The van der Waals surface area contributed by atoms with Gasteiger partial charge in [-0.1, -0.05) is 0 Å². The average molecular weight is 278 g/mol. The van der Waals surface area contributed by atoms with Gasteiger partial charge in [-0.25, -0.2) is 8.42 Å². The first-order valence-electron chi connectivity index (χ1n) is 6.15. The third-order valence-electron chi connectivity index (χ3n) is 2.84. The van der Waals surface area contributed by atoms with E-state index >= 15 is 0 Å². The summed E-state index contributed by atoms with van der Waals surface area (Å²) in [5.74, 6) is 0.262. The van der Waals surface area contributed by atoms with E-state index in [1.165, 1.54) is 0 Å². The smallest absolute Gasteiger partial charge is 0.234 e. The number of hydrogen-bond acceptors (Lipinski definition) is 5. The Hall–Kier alpha value is -0.660. The van der Waals surface area contributed by atoms with Crippen molar-refractivity contribution in [2.45, 2.75) is 31.8 Å². The average Bonchev–Trinajstić information content (AvgIpc) is 2.25. The second-order valence-electron chi connectivity index (χ2n) is 4.76. The van der Waals surface area contributed by atoms with Crippen LogP contribution >= 0.6 is 0 Å². The van der Waals surface area contributed by atoms with Crippen molar-refractivity contribution in [2.75, 3.05) is 31.8 Å². The largest absolute Gasteiger partial charge is 0.383 e. The molecule has 0 spiro atoms. The number of ether oxygens (including phenoxy) is 1. The number of hydrogen-bond donors (Lipinski definition) is 2. The quantitative estimate of drug-likeness (QED) is 0.671. The van der Waals surface area contributed by atoms with Crippen LogP contribution in [0.2, 0.25) is 0 Å². The van der Waals surface area contributed by atoms with Crippen molar-refractivity contribution in [2.24, 2.45) is 0 Å². The van der Waals surface area contributed by atoms with Crippen molar-refractivity contribution < 1.29 is 17.9 Å². The number of methoxy groups -OCH3 is 1. The van der Waals surface area contributed by atoms with Crippen LogP contribution in [0.25, 0.3) is 0 Å². The van der Waals surface area contributed by atoms with E-state index in [4.69, 9.17) is 4.74 Å². The lowest BCUT2D eigenvalue weighted by Gasteiger charge is -2.23. The van der Waals surface area contributed by atoms with Gasteiger partial charge in [0.25, 0.3) is 0 Å². The second kappa shape index (κ2) is 7.06. The van der Waals surface area contributed by atoms with Crippen molar-refractivity contribution in [1.29, 1.82) is 0 Å². The Labute approximate surface area is 108 Å². The molecule has 1 aliphatic heterocycles. The summed E-state index contributed by atoms with van der Waals surface area (Å²) in [6.07, 6.45) is 1.47. The lowest BCUT2D eigenvalue weighted by Crippen LogP contribution is -2.46. The number of carbonyl (C=O) groups excluding carboxylic acids is 1. The Bertz CT molecular complexity index is 369. The standard InChI is InChI=1S/C11H22N2O4S/c1-9(7-17-2)13-11(14)6-12-10-4-3-5-18(15,16)8-10/h9-10,12H,3-8H2,1-2H3,(H,13,14). The van der Waals surface area contributed by atoms with Crippen LogP contribution in [0.1, 0.15) is 19.8 Å². The van der Waals surface area contributed by atoms with Gasteiger partial charge in [0.05, 0.1) is 24.7 Å². The molecule has 1 amide bonds. The first-order valence-corrected chi connectivity index (χ1v) is 7.97. The predicted molar refractivity (Wildman–Crippen MR) is 69.2 cm³/mol. The van der Waals surface area contributed by atoms with Crippen LogP contribution in [0, 0.1) is 0 Å². The van der Waals surface area contributed by atoms with Gasteiger partial charge in [0.1, 0.15) is 0 Å². The van der Waals surface area contributed by atoms with Crippen LogP contribution in [0.15, 0.2) is 0 Å². The summed E-state index contributed by atoms with van der Waals surface area (Å²) in [5, 5.41) is 5.76. The molecule has 2 N–H and O–H groups in total. The first kappa shape index (κ1) is 15.4. The maximum atomic E-state index is 11.6. The maximum absolute atomic E-state index is 11.6. The van der Waals surface area contributed by atoms with E-state index < -0.39 is 9.84 Å². The van der Waals surface area contributed by atoms with Crippen molar-refractivity contribution in [1.82, 2.24) is 10.6 Å². The number of rotatable bonds is 6. The maximum Gasteiger partial charge on any atom is 0.234 e. The van der Waals surface area contributed by atoms with Gasteiger partial charge in [-0.3, -0.25) is 4.79 Å². The molecule has 6 nitrogen and oxygen atoms in total. The SMILES string of the molecule is COCC(C)NC(=O)CNC1CCCS(=O)(=O)C1. The van der Waals surface area contributed by atoms with Crippen molar-refractivity contribution in [3.05, 3.63) is 0 Å². The number of nitrogens with one attached hydrogen (secondary N) is 2. The van der Waals surface area contributed by atoms with Crippen LogP contribution in [-0.4, -0.2) is 58.2 Å². The highest BCUT2D eigenvalue weighted by molar-refractivity contribution is 7.91. The van der Waals surface area contributed by atoms with Gasteiger partial charge in [-0.05, 0) is 19.8 Å². The van der Waals surface area contributed by atoms with Crippen LogP contribution < -0.4 is 10.6 Å². The van der Waals surface area contributed by atoms with Crippen LogP contribution in [-0.2, 0) is 19.4 Å². The molecule has 1 heterocycles. The Morgan fingerprint density at radius 1 is 1.50 bits per heavy atom. The number of sulfone groups is 1. The van der Waals surface area contributed by atoms with Gasteiger partial charge in [0.2, 0.25) is 5.91 Å². The van der Waals surface area contributed by atoms with E-state index in [-0.39, 0.29) is 36.0 Å². The van der Waals surface area contributed by atoms with Gasteiger partial charge < -0.3 is 15.4 Å². The van der Waals surface area contributed by atoms with E-state index in [1.54, 1.807) is 7.11 Å². The molecular formula is C11H22N2O4S. The van der Waals surface area contributed by atoms with Crippen LogP contribution in [0.3, 0.4) is 0 Å². The highest BCUT2D eigenvalue weighted by Gasteiger charge is 2.24. The van der Waals surface area contributed by atoms with Crippen LogP contribution in [0.5, 0.6) is 0 Å². The molecule has 1 fully saturated rings. The van der Waals surface area contributed by atoms with E-state index in [0.717, 1.165) is 6.42 Å². The first-order chi connectivity index (χ1) is 8.43. The van der Waals surface area contributed by atoms with Gasteiger partial charge >= 0.3 is 0 Å². The molecule has 1 aliphatic rings. The fourth-order valence-corrected chi connectivity index (χ4v) is 3.71. The lowest BCUT2D eigenvalue weighted by molar-refractivity contribution is -0.121. The highest BCUT2D eigenvalue weighted by atomic mass is 32.2.